The van der Waals surface area contributed by atoms with Gasteiger partial charge in [-0.15, -0.1) is 0 Å². The van der Waals surface area contributed by atoms with E-state index in [2.05, 4.69) is 15.5 Å². The molecule has 1 atom stereocenters. The Morgan fingerprint density at radius 3 is 2.83 bits per heavy atom. The van der Waals surface area contributed by atoms with Gasteiger partial charge >= 0.3 is 5.13 Å². The van der Waals surface area contributed by atoms with Crippen molar-refractivity contribution in [3.63, 3.8) is 0 Å². The van der Waals surface area contributed by atoms with Gasteiger partial charge in [-0.25, -0.2) is 4.57 Å². The van der Waals surface area contributed by atoms with Crippen LogP contribution in [0.15, 0.2) is 46.1 Å². The van der Waals surface area contributed by atoms with Crippen LogP contribution in [-0.4, -0.2) is 22.8 Å². The number of thioether (sulfide) groups is 1. The van der Waals surface area contributed by atoms with Crippen LogP contribution in [0.4, 0.5) is 16.5 Å². The Labute approximate surface area is 147 Å². The number of nitrogen functional groups attached to an aromatic ring is 1. The predicted molar refractivity (Wildman–Crippen MR) is 93.6 cm³/mol. The molecular formula is C15H16N5O2S2+. The summed E-state index contributed by atoms with van der Waals surface area (Å²) in [4.78, 5) is 23.7. The van der Waals surface area contributed by atoms with Gasteiger partial charge in [-0.1, -0.05) is 11.8 Å². The van der Waals surface area contributed by atoms with Crippen LogP contribution in [0.25, 0.3) is 0 Å². The second kappa shape index (κ2) is 7.54. The van der Waals surface area contributed by atoms with Gasteiger partial charge in [0.2, 0.25) is 5.12 Å². The summed E-state index contributed by atoms with van der Waals surface area (Å²) in [6.45, 7) is 0.105. The molecule has 9 heteroatoms. The van der Waals surface area contributed by atoms with Crippen molar-refractivity contribution in [3.8, 4) is 0 Å². The molecule has 1 aromatic carbocycles. The van der Waals surface area contributed by atoms with Crippen molar-refractivity contribution in [1.29, 1.82) is 0 Å². The topological polar surface area (TPSA) is 101 Å². The van der Waals surface area contributed by atoms with Gasteiger partial charge in [0.05, 0.1) is 11.2 Å². The highest BCUT2D eigenvalue weighted by molar-refractivity contribution is 8.14. The van der Waals surface area contributed by atoms with Crippen LogP contribution >= 0.6 is 23.1 Å². The van der Waals surface area contributed by atoms with E-state index < -0.39 is 0 Å². The molecule has 1 aromatic heterocycles. The largest absolute Gasteiger partial charge is 0.408 e. The van der Waals surface area contributed by atoms with Crippen LogP contribution in [0, 0.1) is 0 Å². The number of benzene rings is 1. The lowest BCUT2D eigenvalue weighted by molar-refractivity contribution is -0.667. The van der Waals surface area contributed by atoms with Gasteiger partial charge < -0.3 is 11.1 Å². The quantitative estimate of drug-likeness (QED) is 0.483. The summed E-state index contributed by atoms with van der Waals surface area (Å²) in [6.07, 6.45) is 2.46. The minimum absolute atomic E-state index is 0.0296. The van der Waals surface area contributed by atoms with Crippen molar-refractivity contribution in [1.82, 2.24) is 5.32 Å². The fraction of sp³-hybridized carbons (Fsp3) is 0.267. The maximum Gasteiger partial charge on any atom is 0.408 e. The molecule has 24 heavy (non-hydrogen) atoms. The monoisotopic (exact) mass is 362 g/mol. The second-order valence-corrected chi connectivity index (χ2v) is 7.15. The Morgan fingerprint density at radius 1 is 1.33 bits per heavy atom. The number of rotatable bonds is 5. The number of carbonyl (C=O) groups is 2. The van der Waals surface area contributed by atoms with Crippen LogP contribution in [-0.2, 0) is 16.1 Å². The summed E-state index contributed by atoms with van der Waals surface area (Å²) < 4.78 is 1.70. The summed E-state index contributed by atoms with van der Waals surface area (Å²) >= 11 is 2.65. The standard InChI is InChI=1S/C15H15N5O2S2/c16-10-1-3-11(4-2-10)18-19-15-20(6-8-24-15)9-13(21)17-12-5-7-23-14(12)22/h1-4,6,8,12,16H,5,7,9H2,(H,17,21)/p+1. The molecule has 2 heterocycles. The number of azo groups is 1. The van der Waals surface area contributed by atoms with Gasteiger partial charge in [0.1, 0.15) is 11.9 Å². The number of hydrogen-bond acceptors (Lipinski definition) is 7. The molecule has 1 aliphatic heterocycles. The molecule has 1 fully saturated rings. The molecule has 3 N–H and O–H groups in total. The fourth-order valence-electron chi connectivity index (χ4n) is 2.16. The number of aromatic nitrogens is 1. The van der Waals surface area contributed by atoms with Crippen molar-refractivity contribution < 1.29 is 14.2 Å². The summed E-state index contributed by atoms with van der Waals surface area (Å²) in [6, 6.07) is 6.67. The number of carbonyl (C=O) groups excluding carboxylic acids is 2. The van der Waals surface area contributed by atoms with Crippen molar-refractivity contribution >= 4 is 50.6 Å². The number of thiazole rings is 1. The first-order chi connectivity index (χ1) is 11.6. The van der Waals surface area contributed by atoms with Gasteiger partial charge in [-0.2, -0.15) is 0 Å². The van der Waals surface area contributed by atoms with E-state index in [-0.39, 0.29) is 23.6 Å². The smallest absolute Gasteiger partial charge is 0.399 e. The van der Waals surface area contributed by atoms with Gasteiger partial charge in [-0.3, -0.25) is 9.59 Å². The van der Waals surface area contributed by atoms with Gasteiger partial charge in [0.15, 0.2) is 6.54 Å². The number of hydrogen-bond donors (Lipinski definition) is 2. The Morgan fingerprint density at radius 2 is 2.12 bits per heavy atom. The molecule has 0 saturated carbocycles. The van der Waals surface area contributed by atoms with E-state index in [1.165, 1.54) is 23.1 Å². The van der Waals surface area contributed by atoms with E-state index >= 15 is 0 Å². The highest BCUT2D eigenvalue weighted by Gasteiger charge is 2.27. The molecule has 0 radical (unpaired) electrons. The lowest BCUT2D eigenvalue weighted by Gasteiger charge is -2.08. The molecule has 7 nitrogen and oxygen atoms in total. The lowest BCUT2D eigenvalue weighted by atomic mass is 10.2. The lowest BCUT2D eigenvalue weighted by Crippen LogP contribution is -2.46. The van der Waals surface area contributed by atoms with Gasteiger partial charge in [-0.05, 0) is 47.1 Å². The Bertz CT molecular complexity index is 772. The van der Waals surface area contributed by atoms with E-state index in [9.17, 15) is 9.59 Å². The summed E-state index contributed by atoms with van der Waals surface area (Å²) in [7, 11) is 0. The van der Waals surface area contributed by atoms with Crippen molar-refractivity contribution in [3.05, 3.63) is 35.8 Å². The Kier molecular flexibility index (Phi) is 5.21. The molecule has 1 saturated heterocycles. The van der Waals surface area contributed by atoms with Crippen molar-refractivity contribution in [2.24, 2.45) is 10.2 Å². The third-order valence-electron chi connectivity index (χ3n) is 3.39. The number of amides is 1. The zero-order chi connectivity index (χ0) is 16.9. The average molecular weight is 362 g/mol. The molecule has 3 rings (SSSR count). The molecular weight excluding hydrogens is 346 g/mol. The highest BCUT2D eigenvalue weighted by Crippen LogP contribution is 2.21. The number of nitrogens with one attached hydrogen (secondary N) is 1. The molecule has 1 unspecified atom stereocenters. The zero-order valence-electron chi connectivity index (χ0n) is 12.7. The Balaban J connectivity index is 1.63. The maximum absolute atomic E-state index is 12.1. The minimum Gasteiger partial charge on any atom is -0.399 e. The first-order valence-electron chi connectivity index (χ1n) is 7.32. The van der Waals surface area contributed by atoms with E-state index in [1.54, 1.807) is 35.0 Å². The van der Waals surface area contributed by atoms with Gasteiger partial charge in [0.25, 0.3) is 5.91 Å². The summed E-state index contributed by atoms with van der Waals surface area (Å²) in [5.41, 5.74) is 6.97. The molecule has 1 aliphatic rings. The first kappa shape index (κ1) is 16.6. The Hall–Kier alpha value is -2.26. The van der Waals surface area contributed by atoms with Crippen LogP contribution in [0.2, 0.25) is 0 Å². The van der Waals surface area contributed by atoms with Crippen LogP contribution < -0.4 is 15.6 Å². The van der Waals surface area contributed by atoms with E-state index in [4.69, 9.17) is 5.73 Å². The third-order valence-corrected chi connectivity index (χ3v) is 5.18. The minimum atomic E-state index is -0.374. The summed E-state index contributed by atoms with van der Waals surface area (Å²) in [5, 5.41) is 13.6. The number of nitrogens with zero attached hydrogens (tertiary/aromatic N) is 3. The first-order valence-corrected chi connectivity index (χ1v) is 9.18. The van der Waals surface area contributed by atoms with Crippen molar-refractivity contribution in [2.45, 2.75) is 19.0 Å². The molecule has 0 spiro atoms. The molecule has 2 aromatic rings. The van der Waals surface area contributed by atoms with Crippen LogP contribution in [0.3, 0.4) is 0 Å². The second-order valence-electron chi connectivity index (χ2n) is 5.18. The number of nitrogens with two attached hydrogens (primary N) is 1. The highest BCUT2D eigenvalue weighted by atomic mass is 32.2. The molecule has 0 aliphatic carbocycles. The SMILES string of the molecule is Nc1ccc(/N=N/c2scc[n+]2CC(=O)NC2CCSC2=O)cc1. The van der Waals surface area contributed by atoms with E-state index in [0.29, 0.717) is 22.9 Å². The predicted octanol–water partition coefficient (Wildman–Crippen LogP) is 2.18. The average Bonchev–Trinajstić information content (AvgIpc) is 3.16. The normalized spacial score (nSPS) is 17.5. The van der Waals surface area contributed by atoms with Crippen molar-refractivity contribution in [2.75, 3.05) is 11.5 Å². The van der Waals surface area contributed by atoms with Gasteiger partial charge in [0, 0.05) is 16.8 Å². The fourth-order valence-corrected chi connectivity index (χ4v) is 3.77. The van der Waals surface area contributed by atoms with Crippen LogP contribution in [0.1, 0.15) is 6.42 Å². The molecule has 0 bridgehead atoms. The zero-order valence-corrected chi connectivity index (χ0v) is 14.3. The maximum atomic E-state index is 12.1. The van der Waals surface area contributed by atoms with E-state index in [1.807, 2.05) is 5.38 Å². The third kappa shape index (κ3) is 4.18. The summed E-state index contributed by atoms with van der Waals surface area (Å²) in [5.74, 6) is 0.555. The number of anilines is 1. The molecule has 124 valence electrons. The van der Waals surface area contributed by atoms with Crippen LogP contribution in [0.5, 0.6) is 0 Å². The molecule has 1 amide bonds. The van der Waals surface area contributed by atoms with E-state index in [0.717, 1.165) is 5.75 Å².